The number of furan rings is 3. The van der Waals surface area contributed by atoms with Gasteiger partial charge in [0.1, 0.15) is 33.5 Å². The molecule has 0 aliphatic carbocycles. The van der Waals surface area contributed by atoms with Gasteiger partial charge in [-0.1, -0.05) is 200 Å². The van der Waals surface area contributed by atoms with E-state index in [2.05, 4.69) is 109 Å². The second-order valence-corrected chi connectivity index (χ2v) is 24.2. The predicted octanol–water partition coefficient (Wildman–Crippen LogP) is 17.7. The molecular weight excluding hydrogens is 1470 g/mol. The first-order chi connectivity index (χ1) is 49.4. The molecule has 18 rings (SSSR count). The summed E-state index contributed by atoms with van der Waals surface area (Å²) in [6.45, 7) is 0. The molecule has 2 N–H and O–H groups in total. The molecule has 14 nitrogen and oxygen atoms in total. The minimum absolute atomic E-state index is 0. The van der Waals surface area contributed by atoms with Crippen molar-refractivity contribution in [3.63, 3.8) is 0 Å². The smallest absolute Gasteiger partial charge is 1.00 e. The van der Waals surface area contributed by atoms with E-state index in [0.29, 0.717) is 28.8 Å². The zero-order valence-electron chi connectivity index (χ0n) is 53.9. The van der Waals surface area contributed by atoms with Gasteiger partial charge in [0.05, 0.1) is 0 Å². The Bertz CT molecular complexity index is 5710. The molecule has 18 aromatic rings. The molecule has 12 aromatic carbocycles. The molecule has 0 atom stereocenters. The van der Waals surface area contributed by atoms with Gasteiger partial charge in [0.25, 0.3) is 0 Å². The third-order valence-corrected chi connectivity index (χ3v) is 16.9. The summed E-state index contributed by atoms with van der Waals surface area (Å²) < 4.78 is 17.8. The van der Waals surface area contributed by atoms with Crippen LogP contribution in [0, 0.1) is 6.07 Å². The van der Waals surface area contributed by atoms with Crippen LogP contribution in [0.25, 0.3) is 145 Å². The second-order valence-electron chi connectivity index (χ2n) is 22.5. The van der Waals surface area contributed by atoms with Gasteiger partial charge in [0, 0.05) is 54.6 Å². The number of nitrogens with zero attached hydrogens (tertiary/aromatic N) is 9. The minimum atomic E-state index is -1.45. The summed E-state index contributed by atoms with van der Waals surface area (Å²) in [7, 11) is -1.45. The maximum atomic E-state index is 9.12. The molecule has 0 bridgehead atoms. The number of hydrogen-bond donors (Lipinski definition) is 2. The topological polar surface area (TPSA) is 196 Å². The fourth-order valence-corrected chi connectivity index (χ4v) is 12.3. The van der Waals surface area contributed by atoms with Gasteiger partial charge >= 0.3 is 30.2 Å². The van der Waals surface area contributed by atoms with E-state index >= 15 is 0 Å². The molecule has 0 spiro atoms. The molecule has 496 valence electrons. The van der Waals surface area contributed by atoms with Crippen molar-refractivity contribution >= 4 is 159 Å². The molecule has 0 amide bonds. The van der Waals surface area contributed by atoms with Gasteiger partial charge in [-0.3, -0.25) is 0 Å². The van der Waals surface area contributed by atoms with E-state index in [9.17, 15) is 0 Å². The second kappa shape index (κ2) is 33.7. The third kappa shape index (κ3) is 17.5. The fourth-order valence-electron chi connectivity index (χ4n) is 11.3. The maximum Gasteiger partial charge on any atom is 2.00 e. The number of rotatable bonds is 8. The molecule has 103 heavy (non-hydrogen) atoms. The van der Waals surface area contributed by atoms with Crippen LogP contribution in [0.5, 0.6) is 0 Å². The number of hydrogen-bond acceptors (Lipinski definition) is 14. The summed E-state index contributed by atoms with van der Waals surface area (Å²) >= 11 is 27.6. The molecule has 0 saturated heterocycles. The normalized spacial score (nSPS) is 10.7. The molecule has 0 saturated carbocycles. The number of para-hydroxylation sites is 3. The number of aromatic nitrogens is 9. The van der Waals surface area contributed by atoms with Crippen LogP contribution >= 0.6 is 58.0 Å². The number of halogens is 6. The maximum absolute atomic E-state index is 9.12. The van der Waals surface area contributed by atoms with Crippen LogP contribution in [0.4, 0.5) is 0 Å². The molecule has 0 aliphatic rings. The molecule has 0 unspecified atom stereocenters. The summed E-state index contributed by atoms with van der Waals surface area (Å²) in [4.78, 5) is 37.4. The molecule has 6 aromatic heterocycles. The van der Waals surface area contributed by atoms with Crippen molar-refractivity contribution in [2.45, 2.75) is 0 Å². The van der Waals surface area contributed by atoms with Crippen molar-refractivity contribution in [2.24, 2.45) is 0 Å². The Morgan fingerprint density at radius 3 is 0.951 bits per heavy atom. The van der Waals surface area contributed by atoms with Gasteiger partial charge in [-0.05, 0) is 159 Å². The van der Waals surface area contributed by atoms with Crippen LogP contribution in [0.3, 0.4) is 0 Å². The summed E-state index contributed by atoms with van der Waals surface area (Å²) in [5, 5.41) is 24.5. The first kappa shape index (κ1) is 72.5. The van der Waals surface area contributed by atoms with E-state index in [4.69, 9.17) is 96.3 Å². The standard InChI is InChI=1S/C39H23N3O2.C15H9Cl2N3.C12H9BO3.C12H9.C3Cl3N3.BrH.Mg/c1-2-9-24(10-3-1)25-11-8-12-26(21-25)37-40-38(27-17-19-35-31(22-27)29-13-4-6-15-33(29)43-35)42-39(41-37)28-18-20-36-32(23-28)30-14-5-7-16-34(30)44-36;16-14-18-13(19-15(17)20-14)12-8-4-7-11(9-12)10-5-2-1-3-6-10;14-13(15)8-5-6-12-10(7-8)9-3-1-2-4-11(9)16-12;1-3-7-11(8-4-1)12-9-5-2-6-10-12;4-1-7-2(5)9-3(6)8-1;;/h1-23H;1-9H;1-7,14-15H;1-5,7-10H;;1H;/q;;;-1;;;+2/p-1. The zero-order chi connectivity index (χ0) is 69.2. The predicted molar refractivity (Wildman–Crippen MR) is 412 cm³/mol. The molecule has 0 fully saturated rings. The van der Waals surface area contributed by atoms with Gasteiger partial charge in [-0.15, -0.1) is 5.56 Å². The van der Waals surface area contributed by atoms with E-state index in [1.54, 1.807) is 18.2 Å². The quantitative estimate of drug-likeness (QED) is 0.108. The molecular formula is C81H50BBrCl5MgN9O5. The Morgan fingerprint density at radius 1 is 0.262 bits per heavy atom. The van der Waals surface area contributed by atoms with Crippen molar-refractivity contribution in [3.05, 3.63) is 324 Å². The van der Waals surface area contributed by atoms with Crippen LogP contribution in [-0.4, -0.2) is 85.1 Å². The Hall–Kier alpha value is -10.2. The van der Waals surface area contributed by atoms with Crippen LogP contribution in [0.15, 0.2) is 304 Å². The van der Waals surface area contributed by atoms with Crippen LogP contribution in [0.2, 0.25) is 26.4 Å². The summed E-state index contributed by atoms with van der Waals surface area (Å²) in [5.41, 5.74) is 15.9. The molecule has 0 aliphatic heterocycles. The monoisotopic (exact) mass is 1520 g/mol. The third-order valence-electron chi connectivity index (χ3n) is 16.0. The average Bonchev–Trinajstić information content (AvgIpc) is 1.63. The Labute approximate surface area is 641 Å². The SMILES string of the molecule is Clc1nc(Cl)nc(-c2cccc(-c3ccccc3)c2)n1.Clc1nc(Cl)nc(Cl)n1.OB(O)c1ccc2oc3ccccc3c2c1.[Br-].[Mg+2].[c-]1cccc(-c2ccccc2)c1.c1ccc(-c2cccc(-c3nc(-c4ccc5oc6ccccc6c5c4)nc(-c4ccc5oc6ccccc6c5c4)n3)c2)cc1. The summed E-state index contributed by atoms with van der Waals surface area (Å²) in [6, 6.07) is 99.2. The van der Waals surface area contributed by atoms with Gasteiger partial charge < -0.3 is 40.3 Å². The van der Waals surface area contributed by atoms with E-state index < -0.39 is 7.12 Å². The first-order valence-corrected chi connectivity index (χ1v) is 33.3. The van der Waals surface area contributed by atoms with Crippen molar-refractivity contribution in [1.29, 1.82) is 0 Å². The van der Waals surface area contributed by atoms with Gasteiger partial charge in [-0.25, -0.2) is 15.0 Å². The van der Waals surface area contributed by atoms with E-state index in [0.717, 1.165) is 110 Å². The molecule has 0 radical (unpaired) electrons. The molecule has 6 heterocycles. The fraction of sp³-hybridized carbons (Fsp3) is 0. The zero-order valence-corrected chi connectivity index (χ0v) is 60.7. The van der Waals surface area contributed by atoms with Crippen LogP contribution in [-0.2, 0) is 0 Å². The van der Waals surface area contributed by atoms with E-state index in [-0.39, 0.29) is 66.5 Å². The summed E-state index contributed by atoms with van der Waals surface area (Å²) in [6.07, 6.45) is 0. The van der Waals surface area contributed by atoms with Crippen LogP contribution in [0.1, 0.15) is 0 Å². The van der Waals surface area contributed by atoms with E-state index in [1.807, 2.05) is 200 Å². The summed E-state index contributed by atoms with van der Waals surface area (Å²) in [5.74, 6) is 2.27. The Balaban J connectivity index is 0.000000140. The average molecular weight is 1520 g/mol. The van der Waals surface area contributed by atoms with Gasteiger partial charge in [-0.2, -0.15) is 60.2 Å². The van der Waals surface area contributed by atoms with Crippen molar-refractivity contribution in [1.82, 2.24) is 44.9 Å². The van der Waals surface area contributed by atoms with Crippen LogP contribution < -0.4 is 22.4 Å². The van der Waals surface area contributed by atoms with Crippen molar-refractivity contribution in [3.8, 4) is 78.9 Å². The first-order valence-electron chi connectivity index (χ1n) is 31.4. The Morgan fingerprint density at radius 2 is 0.563 bits per heavy atom. The number of benzene rings is 12. The van der Waals surface area contributed by atoms with Gasteiger partial charge in [0.2, 0.25) is 26.4 Å². The molecule has 22 heteroatoms. The Kier molecular flexibility index (Phi) is 23.7. The van der Waals surface area contributed by atoms with E-state index in [1.165, 1.54) is 11.1 Å². The van der Waals surface area contributed by atoms with Crippen molar-refractivity contribution in [2.75, 3.05) is 0 Å². The largest absolute Gasteiger partial charge is 2.00 e. The number of fused-ring (bicyclic) bond motifs is 9. The van der Waals surface area contributed by atoms with Gasteiger partial charge in [0.15, 0.2) is 23.3 Å². The minimum Gasteiger partial charge on any atom is -1.00 e. The van der Waals surface area contributed by atoms with Crippen molar-refractivity contribution < 1.29 is 40.3 Å².